The van der Waals surface area contributed by atoms with Crippen molar-refractivity contribution in [2.24, 2.45) is 0 Å². The largest absolute Gasteiger partial charge is 0.466 e. The third kappa shape index (κ3) is 2.34. The smallest absolute Gasteiger partial charge is 0.196 e. The zero-order valence-electron chi connectivity index (χ0n) is 10.0. The Balaban J connectivity index is 2.44. The lowest BCUT2D eigenvalue weighted by molar-refractivity contribution is 0.103. The predicted octanol–water partition coefficient (Wildman–Crippen LogP) is 4.20. The molecule has 17 heavy (non-hydrogen) atoms. The molecule has 1 aromatic heterocycles. The summed E-state index contributed by atoms with van der Waals surface area (Å²) in [6, 6.07) is 7.38. The molecule has 2 nitrogen and oxygen atoms in total. The van der Waals surface area contributed by atoms with Crippen molar-refractivity contribution in [2.45, 2.75) is 20.8 Å². The Morgan fingerprint density at radius 2 is 1.88 bits per heavy atom. The third-order valence-electron chi connectivity index (χ3n) is 2.71. The first kappa shape index (κ1) is 12.1. The standard InChI is InChI=1S/C14H13BrO2/c1-8-6-11(4-5-13(8)15)14(16)12-7-9(2)17-10(12)3/h4-7H,1-3H3. The molecule has 0 atom stereocenters. The van der Waals surface area contributed by atoms with E-state index in [9.17, 15) is 4.79 Å². The zero-order valence-corrected chi connectivity index (χ0v) is 11.6. The van der Waals surface area contributed by atoms with E-state index in [0.29, 0.717) is 16.9 Å². The molecule has 0 unspecified atom stereocenters. The highest BCUT2D eigenvalue weighted by Gasteiger charge is 2.15. The van der Waals surface area contributed by atoms with Crippen LogP contribution in [0.25, 0.3) is 0 Å². The van der Waals surface area contributed by atoms with Crippen LogP contribution in [0.3, 0.4) is 0 Å². The Morgan fingerprint density at radius 3 is 2.41 bits per heavy atom. The van der Waals surface area contributed by atoms with Crippen LogP contribution in [0.5, 0.6) is 0 Å². The van der Waals surface area contributed by atoms with E-state index in [4.69, 9.17) is 4.42 Å². The molecule has 0 radical (unpaired) electrons. The second kappa shape index (κ2) is 4.49. The Morgan fingerprint density at radius 1 is 1.18 bits per heavy atom. The minimum Gasteiger partial charge on any atom is -0.466 e. The summed E-state index contributed by atoms with van der Waals surface area (Å²) in [5.41, 5.74) is 2.38. The maximum Gasteiger partial charge on any atom is 0.196 e. The number of furan rings is 1. The van der Waals surface area contributed by atoms with Crippen LogP contribution < -0.4 is 0 Å². The Labute approximate surface area is 109 Å². The molecular weight excluding hydrogens is 280 g/mol. The molecule has 0 bridgehead atoms. The van der Waals surface area contributed by atoms with Crippen molar-refractivity contribution in [1.82, 2.24) is 0 Å². The minimum atomic E-state index is 0.00921. The summed E-state index contributed by atoms with van der Waals surface area (Å²) in [7, 11) is 0. The van der Waals surface area contributed by atoms with Crippen molar-refractivity contribution >= 4 is 21.7 Å². The van der Waals surface area contributed by atoms with Gasteiger partial charge in [0.1, 0.15) is 11.5 Å². The van der Waals surface area contributed by atoms with Gasteiger partial charge in [0, 0.05) is 10.0 Å². The maximum atomic E-state index is 12.3. The van der Waals surface area contributed by atoms with Crippen LogP contribution in [0.1, 0.15) is 33.0 Å². The van der Waals surface area contributed by atoms with Crippen LogP contribution in [0.15, 0.2) is 33.2 Å². The second-order valence-electron chi connectivity index (χ2n) is 4.12. The number of carbonyl (C=O) groups is 1. The number of ketones is 1. The first-order valence-corrected chi connectivity index (χ1v) is 6.16. The highest BCUT2D eigenvalue weighted by molar-refractivity contribution is 9.10. The number of aryl methyl sites for hydroxylation is 3. The van der Waals surface area contributed by atoms with E-state index in [1.165, 1.54) is 0 Å². The van der Waals surface area contributed by atoms with Crippen molar-refractivity contribution in [3.63, 3.8) is 0 Å². The van der Waals surface area contributed by atoms with Gasteiger partial charge in [-0.25, -0.2) is 0 Å². The molecule has 0 aliphatic rings. The maximum absolute atomic E-state index is 12.3. The summed E-state index contributed by atoms with van der Waals surface area (Å²) in [6.45, 7) is 5.62. The van der Waals surface area contributed by atoms with Gasteiger partial charge in [0.05, 0.1) is 5.56 Å². The molecule has 2 rings (SSSR count). The number of rotatable bonds is 2. The van der Waals surface area contributed by atoms with Crippen LogP contribution in [0.4, 0.5) is 0 Å². The zero-order chi connectivity index (χ0) is 12.6. The van der Waals surface area contributed by atoms with Gasteiger partial charge in [-0.3, -0.25) is 4.79 Å². The Kier molecular flexibility index (Phi) is 3.20. The lowest BCUT2D eigenvalue weighted by Gasteiger charge is -2.02. The van der Waals surface area contributed by atoms with Crippen molar-refractivity contribution in [2.75, 3.05) is 0 Å². The molecule has 0 fully saturated rings. The summed E-state index contributed by atoms with van der Waals surface area (Å²) in [4.78, 5) is 12.3. The van der Waals surface area contributed by atoms with Gasteiger partial charge in [0.25, 0.3) is 0 Å². The lowest BCUT2D eigenvalue weighted by Crippen LogP contribution is -2.01. The molecule has 0 N–H and O–H groups in total. The highest BCUT2D eigenvalue weighted by atomic mass is 79.9. The van der Waals surface area contributed by atoms with Gasteiger partial charge >= 0.3 is 0 Å². The fraction of sp³-hybridized carbons (Fsp3) is 0.214. The van der Waals surface area contributed by atoms with Crippen LogP contribution >= 0.6 is 15.9 Å². The van der Waals surface area contributed by atoms with Crippen molar-refractivity contribution in [3.8, 4) is 0 Å². The van der Waals surface area contributed by atoms with Gasteiger partial charge in [0.2, 0.25) is 0 Å². The van der Waals surface area contributed by atoms with E-state index in [-0.39, 0.29) is 5.78 Å². The van der Waals surface area contributed by atoms with Crippen LogP contribution in [-0.4, -0.2) is 5.78 Å². The van der Waals surface area contributed by atoms with E-state index in [1.807, 2.05) is 39.0 Å². The number of benzene rings is 1. The van der Waals surface area contributed by atoms with Crippen LogP contribution in [0, 0.1) is 20.8 Å². The summed E-state index contributed by atoms with van der Waals surface area (Å²) in [6.07, 6.45) is 0. The van der Waals surface area contributed by atoms with E-state index in [2.05, 4.69) is 15.9 Å². The molecule has 0 aliphatic carbocycles. The molecule has 0 saturated carbocycles. The number of hydrogen-bond donors (Lipinski definition) is 0. The second-order valence-corrected chi connectivity index (χ2v) is 4.97. The molecule has 0 aliphatic heterocycles. The number of hydrogen-bond acceptors (Lipinski definition) is 2. The van der Waals surface area contributed by atoms with E-state index >= 15 is 0 Å². The van der Waals surface area contributed by atoms with E-state index in [0.717, 1.165) is 15.8 Å². The predicted molar refractivity (Wildman–Crippen MR) is 70.5 cm³/mol. The van der Waals surface area contributed by atoms with Crippen molar-refractivity contribution in [3.05, 3.63) is 56.9 Å². The minimum absolute atomic E-state index is 0.00921. The summed E-state index contributed by atoms with van der Waals surface area (Å²) in [5.74, 6) is 1.45. The van der Waals surface area contributed by atoms with Gasteiger partial charge in [-0.2, -0.15) is 0 Å². The SMILES string of the molecule is Cc1cc(C(=O)c2ccc(Br)c(C)c2)c(C)o1. The summed E-state index contributed by atoms with van der Waals surface area (Å²) in [5, 5.41) is 0. The average molecular weight is 293 g/mol. The van der Waals surface area contributed by atoms with Gasteiger partial charge in [-0.05, 0) is 50.6 Å². The normalized spacial score (nSPS) is 10.6. The molecular formula is C14H13BrO2. The van der Waals surface area contributed by atoms with Crippen molar-refractivity contribution < 1.29 is 9.21 Å². The molecule has 2 aromatic rings. The molecule has 0 saturated heterocycles. The fourth-order valence-electron chi connectivity index (χ4n) is 1.80. The lowest BCUT2D eigenvalue weighted by atomic mass is 10.0. The van der Waals surface area contributed by atoms with Gasteiger partial charge < -0.3 is 4.42 Å². The van der Waals surface area contributed by atoms with Crippen LogP contribution in [-0.2, 0) is 0 Å². The van der Waals surface area contributed by atoms with Crippen LogP contribution in [0.2, 0.25) is 0 Å². The summed E-state index contributed by atoms with van der Waals surface area (Å²) < 4.78 is 6.39. The molecule has 0 spiro atoms. The highest BCUT2D eigenvalue weighted by Crippen LogP contribution is 2.22. The Hall–Kier alpha value is -1.35. The van der Waals surface area contributed by atoms with E-state index < -0.39 is 0 Å². The first-order valence-electron chi connectivity index (χ1n) is 5.37. The van der Waals surface area contributed by atoms with Gasteiger partial charge in [-0.15, -0.1) is 0 Å². The van der Waals surface area contributed by atoms with Gasteiger partial charge in [0.15, 0.2) is 5.78 Å². The molecule has 1 heterocycles. The number of halogens is 1. The van der Waals surface area contributed by atoms with E-state index in [1.54, 1.807) is 6.07 Å². The molecule has 88 valence electrons. The van der Waals surface area contributed by atoms with Crippen molar-refractivity contribution in [1.29, 1.82) is 0 Å². The average Bonchev–Trinajstić information content (AvgIpc) is 2.61. The monoisotopic (exact) mass is 292 g/mol. The quantitative estimate of drug-likeness (QED) is 0.777. The van der Waals surface area contributed by atoms with Gasteiger partial charge in [-0.1, -0.05) is 15.9 Å². The molecule has 3 heteroatoms. The first-order chi connectivity index (χ1) is 7.99. The number of carbonyl (C=O) groups excluding carboxylic acids is 1. The fourth-order valence-corrected chi connectivity index (χ4v) is 2.04. The Bertz CT molecular complexity index is 582. The molecule has 1 aromatic carbocycles. The molecule has 0 amide bonds. The topological polar surface area (TPSA) is 30.2 Å². The third-order valence-corrected chi connectivity index (χ3v) is 3.60. The summed E-state index contributed by atoms with van der Waals surface area (Å²) >= 11 is 3.42.